The van der Waals surface area contributed by atoms with Crippen molar-refractivity contribution >= 4 is 23.5 Å². The Morgan fingerprint density at radius 3 is 1.46 bits per heavy atom. The Hall–Kier alpha value is -4.17. The van der Waals surface area contributed by atoms with Crippen LogP contribution in [0.4, 0.5) is 0 Å². The molecule has 0 saturated heterocycles. The molecule has 0 radical (unpaired) electrons. The predicted molar refractivity (Wildman–Crippen MR) is 241 cm³/mol. The summed E-state index contributed by atoms with van der Waals surface area (Å²) in [4.78, 5) is 22.8. The molecule has 9 heteroatoms. The molecule has 0 saturated carbocycles. The van der Waals surface area contributed by atoms with Crippen LogP contribution in [0.15, 0.2) is 71.9 Å². The van der Waals surface area contributed by atoms with Gasteiger partial charge in [0.2, 0.25) is 6.79 Å². The second kappa shape index (κ2) is 23.0. The maximum Gasteiger partial charge on any atom is 0.314 e. The van der Waals surface area contributed by atoms with Crippen molar-refractivity contribution in [2.45, 2.75) is 146 Å². The summed E-state index contributed by atoms with van der Waals surface area (Å²) in [6.07, 6.45) is 12.2. The monoisotopic (exact) mass is 836 g/mol. The van der Waals surface area contributed by atoms with Gasteiger partial charge in [0.25, 0.3) is 0 Å². The van der Waals surface area contributed by atoms with Crippen LogP contribution in [0.1, 0.15) is 156 Å². The zero-order chi connectivity index (χ0) is 44.8. The molecule has 0 aliphatic heterocycles. The van der Waals surface area contributed by atoms with Gasteiger partial charge in [-0.05, 0) is 155 Å². The highest BCUT2D eigenvalue weighted by molar-refractivity contribution is 6.17. The normalized spacial score (nSPS) is 19.1. The molecule has 0 amide bonds. The molecule has 4 atom stereocenters. The number of carbonyl (C=O) groups excluding carboxylic acids is 2. The molecule has 4 rings (SSSR count). The van der Waals surface area contributed by atoms with Crippen LogP contribution in [-0.4, -0.2) is 40.1 Å². The lowest BCUT2D eigenvalue weighted by Gasteiger charge is -2.32. The van der Waals surface area contributed by atoms with Crippen LogP contribution in [0.5, 0.6) is 23.0 Å². The molecule has 59 heavy (non-hydrogen) atoms. The van der Waals surface area contributed by atoms with Crippen molar-refractivity contribution in [3.8, 4) is 23.0 Å². The highest BCUT2D eigenvalue weighted by atomic mass is 35.5. The van der Waals surface area contributed by atoms with Crippen molar-refractivity contribution in [1.82, 2.24) is 0 Å². The highest BCUT2D eigenvalue weighted by Crippen LogP contribution is 2.48. The summed E-state index contributed by atoms with van der Waals surface area (Å²) in [6.45, 7) is 31.4. The topological polar surface area (TPSA) is 123 Å². The number of phenolic OH excluding ortho intramolecular Hbond substituents is 3. The van der Waals surface area contributed by atoms with Crippen molar-refractivity contribution in [3.05, 3.63) is 94.1 Å². The average molecular weight is 838 g/mol. The largest absolute Gasteiger partial charge is 0.507 e. The second-order valence-electron chi connectivity index (χ2n) is 18.4. The number of alkyl halides is 1. The minimum absolute atomic E-state index is 0.00903. The summed E-state index contributed by atoms with van der Waals surface area (Å²) in [7, 11) is 0. The third kappa shape index (κ3) is 15.4. The van der Waals surface area contributed by atoms with Gasteiger partial charge >= 0.3 is 11.9 Å². The Balaban J connectivity index is 0.000000348. The average Bonchev–Trinajstić information content (AvgIpc) is 3.11. The van der Waals surface area contributed by atoms with E-state index in [9.17, 15) is 24.9 Å². The van der Waals surface area contributed by atoms with Crippen LogP contribution in [0.2, 0.25) is 0 Å². The van der Waals surface area contributed by atoms with Gasteiger partial charge in [-0.15, -0.1) is 0 Å². The van der Waals surface area contributed by atoms with Crippen LogP contribution in [0.3, 0.4) is 0 Å². The Bertz CT molecular complexity index is 1800. The number of aryl methyl sites for hydroxylation is 2. The number of rotatable bonds is 12. The Labute approximate surface area is 360 Å². The van der Waals surface area contributed by atoms with E-state index < -0.39 is 10.8 Å². The zero-order valence-corrected chi connectivity index (χ0v) is 38.8. The molecule has 8 nitrogen and oxygen atoms in total. The van der Waals surface area contributed by atoms with Gasteiger partial charge in [0.1, 0.15) is 23.0 Å². The first kappa shape index (κ1) is 51.0. The Morgan fingerprint density at radius 1 is 0.695 bits per heavy atom. The van der Waals surface area contributed by atoms with Gasteiger partial charge in [-0.2, -0.15) is 0 Å². The van der Waals surface area contributed by atoms with Crippen molar-refractivity contribution in [1.29, 1.82) is 0 Å². The number of phenols is 3. The Morgan fingerprint density at radius 2 is 1.08 bits per heavy atom. The van der Waals surface area contributed by atoms with Crippen LogP contribution < -0.4 is 4.74 Å². The molecule has 0 fully saturated rings. The van der Waals surface area contributed by atoms with E-state index in [0.717, 1.165) is 79.2 Å². The fourth-order valence-electron chi connectivity index (χ4n) is 7.45. The molecule has 3 N–H and O–H groups in total. The zero-order valence-electron chi connectivity index (χ0n) is 38.0. The maximum atomic E-state index is 12.1. The highest BCUT2D eigenvalue weighted by Gasteiger charge is 2.32. The minimum atomic E-state index is -0.591. The Kier molecular flexibility index (Phi) is 19.9. The van der Waals surface area contributed by atoms with Gasteiger partial charge in [-0.1, -0.05) is 85.9 Å². The third-order valence-electron chi connectivity index (χ3n) is 10.7. The van der Waals surface area contributed by atoms with Gasteiger partial charge in [0.05, 0.1) is 10.8 Å². The van der Waals surface area contributed by atoms with Gasteiger partial charge < -0.3 is 29.5 Å². The van der Waals surface area contributed by atoms with E-state index in [-0.39, 0.29) is 65.7 Å². The van der Waals surface area contributed by atoms with Crippen molar-refractivity contribution in [2.75, 3.05) is 12.9 Å². The number of hydrogen-bond acceptors (Lipinski definition) is 8. The lowest BCUT2D eigenvalue weighted by Crippen LogP contribution is -2.25. The van der Waals surface area contributed by atoms with Crippen molar-refractivity contribution in [3.63, 3.8) is 0 Å². The van der Waals surface area contributed by atoms with Crippen LogP contribution in [0.25, 0.3) is 0 Å². The van der Waals surface area contributed by atoms with E-state index in [4.69, 9.17) is 21.1 Å². The van der Waals surface area contributed by atoms with E-state index in [2.05, 4.69) is 57.7 Å². The summed E-state index contributed by atoms with van der Waals surface area (Å²) in [5.41, 5.74) is 7.20. The van der Waals surface area contributed by atoms with E-state index in [1.807, 2.05) is 46.8 Å². The lowest BCUT2D eigenvalue weighted by atomic mass is 9.73. The van der Waals surface area contributed by atoms with Gasteiger partial charge in [-0.25, -0.2) is 0 Å². The summed E-state index contributed by atoms with van der Waals surface area (Å²) >= 11 is 5.16. The molecular formula is C50H73ClO8. The second-order valence-corrected chi connectivity index (χ2v) is 18.6. The molecular weight excluding hydrogens is 764 g/mol. The molecule has 2 aliphatic rings. The molecule has 0 spiro atoms. The number of aromatic hydroxyl groups is 3. The molecule has 2 aliphatic carbocycles. The SMILES string of the molecule is C=C(C)[C@@H]1CCC(C)=C[C@H]1c1c(O)cc(CCC)cc1O.C=C(C)[C@@H]1CCC(C)=C[C@H]1c1c(O)cc(CCC)cc1OCOC(=O)C(C)(C)C.CC(C)(C)C(=O)OCCl. The fourth-order valence-corrected chi connectivity index (χ4v) is 7.55. The first-order chi connectivity index (χ1) is 27.5. The number of benzene rings is 2. The van der Waals surface area contributed by atoms with Crippen LogP contribution in [0, 0.1) is 22.7 Å². The van der Waals surface area contributed by atoms with Gasteiger partial charge in [0.15, 0.2) is 6.07 Å². The van der Waals surface area contributed by atoms with Gasteiger partial charge in [-0.3, -0.25) is 9.59 Å². The molecule has 0 aromatic heterocycles. The van der Waals surface area contributed by atoms with E-state index in [1.165, 1.54) is 11.1 Å². The number of allylic oxidation sites excluding steroid dienone is 6. The van der Waals surface area contributed by atoms with E-state index >= 15 is 0 Å². The van der Waals surface area contributed by atoms with Crippen LogP contribution in [-0.2, 0) is 31.9 Å². The number of ether oxygens (including phenoxy) is 3. The molecule has 2 aromatic rings. The summed E-state index contributed by atoms with van der Waals surface area (Å²) in [5.74, 6) is 1.17. The number of halogens is 1. The molecule has 328 valence electrons. The predicted octanol–water partition coefficient (Wildman–Crippen LogP) is 13.1. The van der Waals surface area contributed by atoms with Crippen molar-refractivity contribution in [2.24, 2.45) is 22.7 Å². The number of carbonyl (C=O) groups is 2. The first-order valence-corrected chi connectivity index (χ1v) is 21.6. The lowest BCUT2D eigenvalue weighted by molar-refractivity contribution is -0.159. The fraction of sp³-hybridized carbons (Fsp3) is 0.560. The maximum absolute atomic E-state index is 12.1. The standard InChI is InChI=1S/C25H36O4.C19H26O2.C6H11ClO2/c1-8-9-18-13-21(26)23(20-12-17(4)10-11-19(20)16(2)3)22(14-18)28-15-29-24(27)25(5,6)7;1-5-6-14-10-17(20)19(18(21)11-14)16-9-13(4)7-8-15(16)12(2)3;1-6(2,3)5(8)9-4-7/h12-14,19-20,26H,2,8-11,15H2,1,3-7H3;9-11,15-16,20-21H,2,5-8H2,1,3-4H3;4H2,1-3H3/t19-,20+;15-,16+;/m00./s1. The van der Waals surface area contributed by atoms with E-state index in [1.54, 1.807) is 32.9 Å². The molecule has 0 heterocycles. The number of esters is 2. The summed E-state index contributed by atoms with van der Waals surface area (Å²) in [5, 5.41) is 31.8. The van der Waals surface area contributed by atoms with E-state index in [0.29, 0.717) is 11.3 Å². The van der Waals surface area contributed by atoms with Crippen molar-refractivity contribution < 1.29 is 39.1 Å². The molecule has 0 unspecified atom stereocenters. The quantitative estimate of drug-likeness (QED) is 0.0836. The smallest absolute Gasteiger partial charge is 0.314 e. The summed E-state index contributed by atoms with van der Waals surface area (Å²) in [6, 6.07) is 7.34. The van der Waals surface area contributed by atoms with Gasteiger partial charge in [0, 0.05) is 23.0 Å². The first-order valence-electron chi connectivity index (χ1n) is 21.1. The number of hydrogen-bond donors (Lipinski definition) is 3. The molecule has 0 bridgehead atoms. The molecule has 2 aromatic carbocycles. The minimum Gasteiger partial charge on any atom is -0.507 e. The third-order valence-corrected chi connectivity index (χ3v) is 10.8. The summed E-state index contributed by atoms with van der Waals surface area (Å²) < 4.78 is 15.8. The van der Waals surface area contributed by atoms with Crippen LogP contribution >= 0.6 is 11.6 Å².